The number of thiazole rings is 1. The number of nitrogens with zero attached hydrogens (tertiary/aromatic N) is 3. The zero-order chi connectivity index (χ0) is 22.4. The zero-order valence-electron chi connectivity index (χ0n) is 18.4. The molecule has 5 nitrogen and oxygen atoms in total. The monoisotopic (exact) mass is 448 g/mol. The molecular weight excluding hydrogens is 423 g/mol. The fourth-order valence-electron chi connectivity index (χ4n) is 4.20. The lowest BCUT2D eigenvalue weighted by Crippen LogP contribution is -2.19. The molecule has 1 amide bonds. The molecule has 5 rings (SSSR count). The van der Waals surface area contributed by atoms with Gasteiger partial charge in [-0.25, -0.2) is 9.37 Å². The van der Waals surface area contributed by atoms with Crippen LogP contribution in [0.4, 0.5) is 9.52 Å². The molecule has 2 heterocycles. The van der Waals surface area contributed by atoms with Crippen molar-refractivity contribution in [2.45, 2.75) is 39.3 Å². The largest absolute Gasteiger partial charge is 0.318 e. The number of halogens is 1. The first-order chi connectivity index (χ1) is 15.4. The highest BCUT2D eigenvalue weighted by Gasteiger charge is 2.26. The van der Waals surface area contributed by atoms with Gasteiger partial charge in [0.05, 0.1) is 15.8 Å². The molecule has 164 valence electrons. The average molecular weight is 449 g/mol. The summed E-state index contributed by atoms with van der Waals surface area (Å²) >= 11 is 1.49. The Hall–Kier alpha value is -3.03. The van der Waals surface area contributed by atoms with Crippen molar-refractivity contribution in [1.82, 2.24) is 14.5 Å². The van der Waals surface area contributed by atoms with Crippen molar-refractivity contribution in [1.29, 1.82) is 0 Å². The highest BCUT2D eigenvalue weighted by Crippen LogP contribution is 2.30. The SMILES string of the molecule is Cc1cc(C(=O)Nc2nc3ccc(CN(C)C4CC4)cc3s2)c(C)n1-c1ccc(F)cc1. The third-order valence-corrected chi connectivity index (χ3v) is 6.97. The van der Waals surface area contributed by atoms with Crippen LogP contribution in [-0.4, -0.2) is 33.4 Å². The number of carbonyl (C=O) groups excluding carboxylic acids is 1. The van der Waals surface area contributed by atoms with E-state index in [1.807, 2.05) is 30.5 Å². The summed E-state index contributed by atoms with van der Waals surface area (Å²) in [5, 5.41) is 3.55. The lowest BCUT2D eigenvalue weighted by Gasteiger charge is -2.15. The summed E-state index contributed by atoms with van der Waals surface area (Å²) in [5.74, 6) is -0.480. The molecule has 4 aromatic rings. The van der Waals surface area contributed by atoms with Crippen molar-refractivity contribution >= 4 is 32.6 Å². The molecule has 1 N–H and O–H groups in total. The van der Waals surface area contributed by atoms with Crippen LogP contribution in [0.1, 0.15) is 40.2 Å². The normalized spacial score (nSPS) is 13.8. The predicted octanol–water partition coefficient (Wildman–Crippen LogP) is 5.69. The minimum absolute atomic E-state index is 0.195. The predicted molar refractivity (Wildman–Crippen MR) is 127 cm³/mol. The Labute approximate surface area is 190 Å². The van der Waals surface area contributed by atoms with Gasteiger partial charge in [-0.15, -0.1) is 0 Å². The van der Waals surface area contributed by atoms with E-state index in [1.54, 1.807) is 12.1 Å². The molecule has 0 atom stereocenters. The van der Waals surface area contributed by atoms with Crippen LogP contribution in [0.5, 0.6) is 0 Å². The molecule has 32 heavy (non-hydrogen) atoms. The number of rotatable bonds is 6. The minimum Gasteiger partial charge on any atom is -0.318 e. The Bertz CT molecular complexity index is 1300. The van der Waals surface area contributed by atoms with Gasteiger partial charge in [-0.3, -0.25) is 15.0 Å². The van der Waals surface area contributed by atoms with Gasteiger partial charge in [-0.05, 0) is 81.8 Å². The first-order valence-electron chi connectivity index (χ1n) is 10.7. The van der Waals surface area contributed by atoms with Gasteiger partial charge in [0, 0.05) is 29.7 Å². The third-order valence-electron chi connectivity index (χ3n) is 6.04. The van der Waals surface area contributed by atoms with Gasteiger partial charge in [0.15, 0.2) is 5.13 Å². The molecule has 1 aliphatic rings. The molecule has 2 aromatic heterocycles. The lowest BCUT2D eigenvalue weighted by molar-refractivity contribution is 0.102. The van der Waals surface area contributed by atoms with Crippen molar-refractivity contribution in [3.05, 3.63) is 76.9 Å². The Morgan fingerprint density at radius 1 is 1.19 bits per heavy atom. The smallest absolute Gasteiger partial charge is 0.259 e. The summed E-state index contributed by atoms with van der Waals surface area (Å²) in [4.78, 5) is 20.0. The lowest BCUT2D eigenvalue weighted by atomic mass is 10.2. The minimum atomic E-state index is -0.285. The van der Waals surface area contributed by atoms with E-state index in [2.05, 4.69) is 34.4 Å². The number of hydrogen-bond acceptors (Lipinski definition) is 4. The molecule has 1 aliphatic carbocycles. The maximum absolute atomic E-state index is 13.3. The Balaban J connectivity index is 1.36. The van der Waals surface area contributed by atoms with Gasteiger partial charge in [-0.2, -0.15) is 0 Å². The number of aromatic nitrogens is 2. The van der Waals surface area contributed by atoms with E-state index in [0.29, 0.717) is 10.7 Å². The summed E-state index contributed by atoms with van der Waals surface area (Å²) in [7, 11) is 2.17. The van der Waals surface area contributed by atoms with Crippen LogP contribution in [0, 0.1) is 19.7 Å². The topological polar surface area (TPSA) is 50.2 Å². The highest BCUT2D eigenvalue weighted by atomic mass is 32.1. The molecule has 1 fully saturated rings. The van der Waals surface area contributed by atoms with Gasteiger partial charge in [0.1, 0.15) is 5.82 Å². The van der Waals surface area contributed by atoms with Crippen LogP contribution in [0.3, 0.4) is 0 Å². The molecule has 1 saturated carbocycles. The number of aryl methyl sites for hydroxylation is 1. The summed E-state index contributed by atoms with van der Waals surface area (Å²) in [5.41, 5.74) is 5.27. The van der Waals surface area contributed by atoms with Gasteiger partial charge in [-0.1, -0.05) is 17.4 Å². The molecule has 0 spiro atoms. The van der Waals surface area contributed by atoms with Gasteiger partial charge < -0.3 is 4.57 Å². The Morgan fingerprint density at radius 2 is 1.94 bits per heavy atom. The molecule has 0 aliphatic heterocycles. The quantitative estimate of drug-likeness (QED) is 0.412. The van der Waals surface area contributed by atoms with E-state index >= 15 is 0 Å². The van der Waals surface area contributed by atoms with Crippen LogP contribution in [0.25, 0.3) is 15.9 Å². The first-order valence-corrected chi connectivity index (χ1v) is 11.6. The number of fused-ring (bicyclic) bond motifs is 1. The average Bonchev–Trinajstić information content (AvgIpc) is 3.47. The molecule has 2 aromatic carbocycles. The number of benzene rings is 2. The molecule has 0 radical (unpaired) electrons. The van der Waals surface area contributed by atoms with Gasteiger partial charge in [0.25, 0.3) is 5.91 Å². The molecule has 0 unspecified atom stereocenters. The number of anilines is 1. The Morgan fingerprint density at radius 3 is 2.66 bits per heavy atom. The fourth-order valence-corrected chi connectivity index (χ4v) is 5.12. The second kappa shape index (κ2) is 8.15. The van der Waals surface area contributed by atoms with E-state index in [1.165, 1.54) is 41.9 Å². The van der Waals surface area contributed by atoms with Crippen LogP contribution in [0.15, 0.2) is 48.5 Å². The number of carbonyl (C=O) groups is 1. The van der Waals surface area contributed by atoms with E-state index < -0.39 is 0 Å². The van der Waals surface area contributed by atoms with Crippen molar-refractivity contribution in [3.8, 4) is 5.69 Å². The molecule has 7 heteroatoms. The highest BCUT2D eigenvalue weighted by molar-refractivity contribution is 7.22. The molecule has 0 saturated heterocycles. The molecular formula is C25H25FN4OS. The summed E-state index contributed by atoms with van der Waals surface area (Å²) < 4.78 is 16.3. The van der Waals surface area contributed by atoms with E-state index in [9.17, 15) is 9.18 Å². The van der Waals surface area contributed by atoms with E-state index in [0.717, 1.165) is 39.9 Å². The first kappa shape index (κ1) is 20.8. The van der Waals surface area contributed by atoms with Crippen molar-refractivity contribution in [2.75, 3.05) is 12.4 Å². The maximum Gasteiger partial charge on any atom is 0.259 e. The summed E-state index contributed by atoms with van der Waals surface area (Å²) in [6.07, 6.45) is 2.58. The summed E-state index contributed by atoms with van der Waals surface area (Å²) in [6.45, 7) is 4.76. The maximum atomic E-state index is 13.3. The fraction of sp³-hybridized carbons (Fsp3) is 0.280. The Kier molecular flexibility index (Phi) is 5.31. The van der Waals surface area contributed by atoms with Gasteiger partial charge >= 0.3 is 0 Å². The number of nitrogens with one attached hydrogen (secondary N) is 1. The van der Waals surface area contributed by atoms with E-state index in [-0.39, 0.29) is 11.7 Å². The van der Waals surface area contributed by atoms with Crippen LogP contribution < -0.4 is 5.32 Å². The second-order valence-electron chi connectivity index (χ2n) is 8.52. The molecule has 0 bridgehead atoms. The number of amides is 1. The second-order valence-corrected chi connectivity index (χ2v) is 9.55. The van der Waals surface area contributed by atoms with Crippen molar-refractivity contribution in [2.24, 2.45) is 0 Å². The summed E-state index contributed by atoms with van der Waals surface area (Å²) in [6, 6.07) is 15.1. The standard InChI is InChI=1S/C25H25FN4OS/c1-15-12-21(16(2)30(15)20-7-5-18(26)6-8-20)24(31)28-25-27-22-11-4-17(13-23(22)32-25)14-29(3)19-9-10-19/h4-8,11-13,19H,9-10,14H2,1-3H3,(H,27,28,31). The zero-order valence-corrected chi connectivity index (χ0v) is 19.2. The number of hydrogen-bond donors (Lipinski definition) is 1. The van der Waals surface area contributed by atoms with Crippen LogP contribution >= 0.6 is 11.3 Å². The van der Waals surface area contributed by atoms with E-state index in [4.69, 9.17) is 0 Å². The van der Waals surface area contributed by atoms with Gasteiger partial charge in [0.2, 0.25) is 0 Å². The van der Waals surface area contributed by atoms with Crippen LogP contribution in [-0.2, 0) is 6.54 Å². The van der Waals surface area contributed by atoms with Crippen molar-refractivity contribution in [3.63, 3.8) is 0 Å². The van der Waals surface area contributed by atoms with Crippen LogP contribution in [0.2, 0.25) is 0 Å². The van der Waals surface area contributed by atoms with Crippen molar-refractivity contribution < 1.29 is 9.18 Å². The third kappa shape index (κ3) is 4.06.